The molecule has 0 unspecified atom stereocenters. The van der Waals surface area contributed by atoms with E-state index in [-0.39, 0.29) is 23.8 Å². The second-order valence-corrected chi connectivity index (χ2v) is 7.24. The monoisotopic (exact) mass is 372 g/mol. The van der Waals surface area contributed by atoms with Gasteiger partial charge in [0.15, 0.2) is 0 Å². The molecule has 4 amide bonds. The molecule has 0 atom stereocenters. The Hall–Kier alpha value is -2.57. The van der Waals surface area contributed by atoms with Crippen molar-refractivity contribution in [3.8, 4) is 0 Å². The lowest BCUT2D eigenvalue weighted by Crippen LogP contribution is -2.47. The van der Waals surface area contributed by atoms with E-state index in [0.29, 0.717) is 38.0 Å². The minimum Gasteiger partial charge on any atom is -0.355 e. The largest absolute Gasteiger partial charge is 0.355 e. The van der Waals surface area contributed by atoms with Gasteiger partial charge >= 0.3 is 6.03 Å². The molecule has 27 heavy (non-hydrogen) atoms. The van der Waals surface area contributed by atoms with Crippen LogP contribution in [0.15, 0.2) is 24.3 Å². The molecule has 146 valence electrons. The van der Waals surface area contributed by atoms with Crippen molar-refractivity contribution < 1.29 is 14.4 Å². The molecule has 1 aromatic rings. The van der Waals surface area contributed by atoms with Gasteiger partial charge in [-0.2, -0.15) is 0 Å². The third kappa shape index (κ3) is 4.78. The van der Waals surface area contributed by atoms with Crippen LogP contribution in [0.2, 0.25) is 0 Å². The molecule has 1 aromatic carbocycles. The van der Waals surface area contributed by atoms with Gasteiger partial charge in [-0.1, -0.05) is 12.1 Å². The molecule has 0 saturated carbocycles. The van der Waals surface area contributed by atoms with Crippen molar-refractivity contribution in [1.29, 1.82) is 0 Å². The van der Waals surface area contributed by atoms with E-state index >= 15 is 0 Å². The second-order valence-electron chi connectivity index (χ2n) is 7.24. The highest BCUT2D eigenvalue weighted by molar-refractivity contribution is 5.94. The van der Waals surface area contributed by atoms with Gasteiger partial charge in [0.1, 0.15) is 0 Å². The number of carbonyl (C=O) groups excluding carboxylic acids is 3. The van der Waals surface area contributed by atoms with Crippen LogP contribution in [0.3, 0.4) is 0 Å². The van der Waals surface area contributed by atoms with Crippen LogP contribution in [0, 0.1) is 5.92 Å². The van der Waals surface area contributed by atoms with Gasteiger partial charge in [-0.05, 0) is 43.4 Å². The van der Waals surface area contributed by atoms with Gasteiger partial charge in [0, 0.05) is 51.3 Å². The van der Waals surface area contributed by atoms with Crippen LogP contribution in [-0.2, 0) is 11.3 Å². The Morgan fingerprint density at radius 3 is 2.37 bits per heavy atom. The Morgan fingerprint density at radius 1 is 1.04 bits per heavy atom. The number of hydrogen-bond donors (Lipinski definition) is 2. The summed E-state index contributed by atoms with van der Waals surface area (Å²) in [4.78, 5) is 40.4. The molecule has 2 saturated heterocycles. The molecular weight excluding hydrogens is 344 g/mol. The van der Waals surface area contributed by atoms with Crippen molar-refractivity contribution in [3.63, 3.8) is 0 Å². The number of rotatable bonds is 4. The molecule has 0 spiro atoms. The Bertz CT molecular complexity index is 692. The summed E-state index contributed by atoms with van der Waals surface area (Å²) < 4.78 is 0. The lowest BCUT2D eigenvalue weighted by molar-refractivity contribution is -0.126. The van der Waals surface area contributed by atoms with Crippen molar-refractivity contribution >= 4 is 17.8 Å². The summed E-state index contributed by atoms with van der Waals surface area (Å²) in [5.41, 5.74) is 1.48. The molecule has 2 fully saturated rings. The van der Waals surface area contributed by atoms with Gasteiger partial charge in [-0.3, -0.25) is 9.59 Å². The number of likely N-dealkylation sites (tertiary alicyclic amines) is 2. The first-order valence-corrected chi connectivity index (χ1v) is 9.71. The first-order chi connectivity index (χ1) is 13.1. The number of benzene rings is 1. The Labute approximate surface area is 160 Å². The fourth-order valence-corrected chi connectivity index (χ4v) is 3.74. The van der Waals surface area contributed by atoms with E-state index < -0.39 is 0 Å². The summed E-state index contributed by atoms with van der Waals surface area (Å²) in [7, 11) is 1.59. The normalized spacial score (nSPS) is 17.7. The van der Waals surface area contributed by atoms with E-state index in [1.807, 2.05) is 21.9 Å². The number of hydrogen-bond acceptors (Lipinski definition) is 3. The smallest absolute Gasteiger partial charge is 0.319 e. The van der Waals surface area contributed by atoms with Crippen molar-refractivity contribution in [2.24, 2.45) is 5.92 Å². The van der Waals surface area contributed by atoms with Crippen molar-refractivity contribution in [2.45, 2.75) is 32.2 Å². The molecule has 0 aromatic heterocycles. The summed E-state index contributed by atoms with van der Waals surface area (Å²) >= 11 is 0. The summed E-state index contributed by atoms with van der Waals surface area (Å²) in [5.74, 6) is -0.179. The van der Waals surface area contributed by atoms with E-state index in [4.69, 9.17) is 0 Å². The first-order valence-electron chi connectivity index (χ1n) is 9.71. The zero-order valence-electron chi connectivity index (χ0n) is 15.9. The highest BCUT2D eigenvalue weighted by Crippen LogP contribution is 2.20. The minimum atomic E-state index is -0.141. The lowest BCUT2D eigenvalue weighted by atomic mass is 9.96. The summed E-state index contributed by atoms with van der Waals surface area (Å²) in [6.07, 6.45) is 3.57. The standard InChI is InChI=1S/C20H28N4O3/c1-21-18(25)17-6-4-5-15(13-17)14-22-19(26)16-7-11-24(12-8-16)20(27)23-9-2-3-10-23/h4-6,13,16H,2-3,7-12,14H2,1H3,(H,21,25)(H,22,26). The first kappa shape index (κ1) is 19.2. The van der Waals surface area contributed by atoms with E-state index in [9.17, 15) is 14.4 Å². The van der Waals surface area contributed by atoms with Crippen molar-refractivity contribution in [3.05, 3.63) is 35.4 Å². The maximum atomic E-state index is 12.5. The molecule has 0 bridgehead atoms. The van der Waals surface area contributed by atoms with Crippen LogP contribution >= 0.6 is 0 Å². The topological polar surface area (TPSA) is 81.8 Å². The Kier molecular flexibility index (Phi) is 6.32. The lowest BCUT2D eigenvalue weighted by Gasteiger charge is -2.34. The maximum absolute atomic E-state index is 12.5. The number of carbonyl (C=O) groups is 3. The number of urea groups is 1. The van der Waals surface area contributed by atoms with Crippen LogP contribution < -0.4 is 10.6 Å². The van der Waals surface area contributed by atoms with Crippen LogP contribution in [0.4, 0.5) is 4.79 Å². The number of piperidine rings is 1. The molecule has 2 aliphatic heterocycles. The highest BCUT2D eigenvalue weighted by atomic mass is 16.2. The molecule has 0 aliphatic carbocycles. The van der Waals surface area contributed by atoms with Gasteiger partial charge in [0.2, 0.25) is 5.91 Å². The molecule has 2 N–H and O–H groups in total. The third-order valence-corrected chi connectivity index (χ3v) is 5.40. The van der Waals surface area contributed by atoms with Crippen LogP contribution in [-0.4, -0.2) is 60.9 Å². The molecule has 0 radical (unpaired) electrons. The number of amides is 4. The maximum Gasteiger partial charge on any atom is 0.319 e. The summed E-state index contributed by atoms with van der Waals surface area (Å²) in [5, 5.41) is 5.56. The van der Waals surface area contributed by atoms with E-state index in [1.54, 1.807) is 19.2 Å². The van der Waals surface area contributed by atoms with Crippen LogP contribution in [0.1, 0.15) is 41.6 Å². The Morgan fingerprint density at radius 2 is 1.70 bits per heavy atom. The van der Waals surface area contributed by atoms with Gasteiger partial charge in [-0.25, -0.2) is 4.79 Å². The van der Waals surface area contributed by atoms with Crippen molar-refractivity contribution in [2.75, 3.05) is 33.2 Å². The summed E-state index contributed by atoms with van der Waals surface area (Å²) in [6, 6.07) is 7.36. The van der Waals surface area contributed by atoms with Gasteiger partial charge < -0.3 is 20.4 Å². The summed E-state index contributed by atoms with van der Waals surface area (Å²) in [6.45, 7) is 3.39. The fourth-order valence-electron chi connectivity index (χ4n) is 3.74. The minimum absolute atomic E-state index is 0.0219. The Balaban J connectivity index is 1.46. The SMILES string of the molecule is CNC(=O)c1cccc(CNC(=O)C2CCN(C(=O)N3CCCC3)CC2)c1. The third-order valence-electron chi connectivity index (χ3n) is 5.40. The van der Waals surface area contributed by atoms with Gasteiger partial charge in [0.05, 0.1) is 0 Å². The quantitative estimate of drug-likeness (QED) is 0.842. The molecule has 3 rings (SSSR count). The predicted molar refractivity (Wildman–Crippen MR) is 102 cm³/mol. The van der Waals surface area contributed by atoms with E-state index in [1.165, 1.54) is 0 Å². The fraction of sp³-hybridized carbons (Fsp3) is 0.550. The molecule has 7 heteroatoms. The second kappa shape index (κ2) is 8.88. The van der Waals surface area contributed by atoms with E-state index in [2.05, 4.69) is 10.6 Å². The molecule has 2 heterocycles. The average molecular weight is 372 g/mol. The number of nitrogens with zero attached hydrogens (tertiary/aromatic N) is 2. The zero-order valence-corrected chi connectivity index (χ0v) is 15.9. The molecule has 7 nitrogen and oxygen atoms in total. The predicted octanol–water partition coefficient (Wildman–Crippen LogP) is 1.59. The van der Waals surface area contributed by atoms with Gasteiger partial charge in [-0.15, -0.1) is 0 Å². The van der Waals surface area contributed by atoms with Crippen LogP contribution in [0.5, 0.6) is 0 Å². The molecule has 2 aliphatic rings. The highest BCUT2D eigenvalue weighted by Gasteiger charge is 2.30. The van der Waals surface area contributed by atoms with Gasteiger partial charge in [0.25, 0.3) is 5.91 Å². The zero-order chi connectivity index (χ0) is 19.2. The van der Waals surface area contributed by atoms with Crippen LogP contribution in [0.25, 0.3) is 0 Å². The average Bonchev–Trinajstić information content (AvgIpc) is 3.26. The van der Waals surface area contributed by atoms with E-state index in [0.717, 1.165) is 31.5 Å². The van der Waals surface area contributed by atoms with Crippen molar-refractivity contribution in [1.82, 2.24) is 20.4 Å². The molecular formula is C20H28N4O3. The number of nitrogens with one attached hydrogen (secondary N) is 2.